The van der Waals surface area contributed by atoms with E-state index >= 15 is 0 Å². The highest BCUT2D eigenvalue weighted by Gasteiger charge is 2.46. The van der Waals surface area contributed by atoms with Crippen LogP contribution in [0.4, 0.5) is 0 Å². The number of hydrogen-bond donors (Lipinski definition) is 2. The number of esters is 2. The molecule has 194 valence electrons. The number of aliphatic hydroxyl groups is 2. The molecule has 6 saturated heterocycles. The second-order valence-electron chi connectivity index (χ2n) is 9.15. The quantitative estimate of drug-likeness (QED) is 0.283. The molecule has 6 aliphatic heterocycles. The fourth-order valence-electron chi connectivity index (χ4n) is 4.61. The lowest BCUT2D eigenvalue weighted by molar-refractivity contribution is -0.156. The van der Waals surface area contributed by atoms with Gasteiger partial charge in [-0.3, -0.25) is 9.59 Å². The first-order chi connectivity index (χ1) is 16.3. The van der Waals surface area contributed by atoms with Gasteiger partial charge in [0.15, 0.2) is 12.6 Å². The van der Waals surface area contributed by atoms with Crippen molar-refractivity contribution in [2.24, 2.45) is 23.7 Å². The number of fused-ring (bicyclic) bond motifs is 3. The van der Waals surface area contributed by atoms with Crippen LogP contribution < -0.4 is 0 Å². The molecule has 6 rings (SSSR count). The van der Waals surface area contributed by atoms with Gasteiger partial charge in [-0.2, -0.15) is 4.74 Å². The Labute approximate surface area is 199 Å². The molecule has 0 spiro atoms. The molecule has 34 heavy (non-hydrogen) atoms. The van der Waals surface area contributed by atoms with Gasteiger partial charge >= 0.3 is 11.9 Å². The van der Waals surface area contributed by atoms with Crippen LogP contribution in [0.1, 0.15) is 40.0 Å². The van der Waals surface area contributed by atoms with Crippen LogP contribution in [0.2, 0.25) is 0 Å². The molecule has 2 N–H and O–H groups in total. The third kappa shape index (κ3) is 7.59. The molecule has 0 radical (unpaired) electrons. The zero-order valence-corrected chi connectivity index (χ0v) is 20.0. The van der Waals surface area contributed by atoms with Crippen LogP contribution in [0.25, 0.3) is 0 Å². The largest absolute Gasteiger partial charge is 0.394 e. The van der Waals surface area contributed by atoms with Crippen molar-refractivity contribution in [3.8, 4) is 0 Å². The molecular formula is C23H37O11+. The van der Waals surface area contributed by atoms with Crippen LogP contribution in [0.15, 0.2) is 0 Å². The number of rotatable bonds is 0. The molecule has 0 amide bonds. The van der Waals surface area contributed by atoms with E-state index < -0.39 is 11.9 Å². The van der Waals surface area contributed by atoms with E-state index in [1.807, 2.05) is 0 Å². The number of aliphatic hydroxyl groups excluding tert-OH is 2. The molecule has 0 saturated carbocycles. The summed E-state index contributed by atoms with van der Waals surface area (Å²) in [5.41, 5.74) is 0. The average Bonchev–Trinajstić information content (AvgIpc) is 3.58. The lowest BCUT2D eigenvalue weighted by Crippen LogP contribution is -2.18. The van der Waals surface area contributed by atoms with Crippen molar-refractivity contribution in [1.82, 2.24) is 0 Å². The average molecular weight is 490 g/mol. The SMILES string of the molecule is CC(=O)OC(C)=O.C[C@@H]1CO[C@@H]2OCC[C@@H]21.OC1COC2OCCC12.O[C@H]1CO[C@H]2O[CH+]C[C@H]21. The van der Waals surface area contributed by atoms with Gasteiger partial charge in [-0.15, -0.1) is 0 Å². The standard InChI is InChI=1S/C7H12O2.C6H10O3.C6H9O3.C4H6O3/c1-5-4-9-7-6(5)2-3-8-7;2*7-5-3-9-6-4(5)1-2-8-6;1-3(5)7-4(2)6/h5-7H,2-4H2,1H3;4-7H,1-3H2;2,4-7H,1,3H2;1-2H3/q;;+1;/t5-,6-,7+;;4-,5-,6+;/m1.0./s1. The lowest BCUT2D eigenvalue weighted by Gasteiger charge is -2.07. The Bertz CT molecular complexity index is 580. The van der Waals surface area contributed by atoms with Crippen molar-refractivity contribution >= 4 is 11.9 Å². The lowest BCUT2D eigenvalue weighted by atomic mass is 9.96. The van der Waals surface area contributed by atoms with Gasteiger partial charge < -0.3 is 38.6 Å². The summed E-state index contributed by atoms with van der Waals surface area (Å²) in [6, 6.07) is 0. The van der Waals surface area contributed by atoms with E-state index in [4.69, 9.17) is 28.4 Å². The van der Waals surface area contributed by atoms with E-state index in [1.165, 1.54) is 20.3 Å². The minimum atomic E-state index is -0.562. The Kier molecular flexibility index (Phi) is 10.5. The Morgan fingerprint density at radius 1 is 0.765 bits per heavy atom. The first-order valence-electron chi connectivity index (χ1n) is 11.9. The molecule has 3 unspecified atom stereocenters. The maximum Gasteiger partial charge on any atom is 0.310 e. The molecule has 11 nitrogen and oxygen atoms in total. The highest BCUT2D eigenvalue weighted by Crippen LogP contribution is 2.35. The predicted octanol–water partition coefficient (Wildman–Crippen LogP) is 0.753. The summed E-state index contributed by atoms with van der Waals surface area (Å²) in [5.74, 6) is 0.748. The minimum absolute atomic E-state index is 0.0972. The van der Waals surface area contributed by atoms with E-state index in [9.17, 15) is 19.8 Å². The molecule has 6 aliphatic rings. The van der Waals surface area contributed by atoms with Crippen molar-refractivity contribution in [3.05, 3.63) is 6.61 Å². The first-order valence-corrected chi connectivity index (χ1v) is 11.9. The fraction of sp³-hybridized carbons (Fsp3) is 0.870. The highest BCUT2D eigenvalue weighted by atomic mass is 16.7. The van der Waals surface area contributed by atoms with Crippen LogP contribution in [0, 0.1) is 30.3 Å². The van der Waals surface area contributed by atoms with E-state index in [0.29, 0.717) is 19.1 Å². The van der Waals surface area contributed by atoms with Gasteiger partial charge in [0.05, 0.1) is 51.2 Å². The normalized spacial score (nSPS) is 40.8. The summed E-state index contributed by atoms with van der Waals surface area (Å²) in [6.45, 7) is 9.74. The molecule has 0 aromatic carbocycles. The van der Waals surface area contributed by atoms with Gasteiger partial charge in [-0.05, 0) is 18.8 Å². The van der Waals surface area contributed by atoms with Crippen molar-refractivity contribution in [1.29, 1.82) is 0 Å². The van der Waals surface area contributed by atoms with Crippen LogP contribution in [-0.2, 0) is 42.7 Å². The maximum atomic E-state index is 9.81. The van der Waals surface area contributed by atoms with Gasteiger partial charge in [0.2, 0.25) is 12.9 Å². The second-order valence-corrected chi connectivity index (χ2v) is 9.15. The molecule has 0 bridgehead atoms. The molecule has 9 atom stereocenters. The number of carbonyl (C=O) groups is 2. The Morgan fingerprint density at radius 3 is 1.82 bits per heavy atom. The van der Waals surface area contributed by atoms with E-state index in [0.717, 1.165) is 38.6 Å². The Morgan fingerprint density at radius 2 is 1.29 bits per heavy atom. The van der Waals surface area contributed by atoms with Crippen LogP contribution in [-0.4, -0.2) is 86.3 Å². The van der Waals surface area contributed by atoms with Gasteiger partial charge in [0.25, 0.3) is 0 Å². The topological polar surface area (TPSA) is 139 Å². The highest BCUT2D eigenvalue weighted by molar-refractivity contribution is 5.82. The predicted molar refractivity (Wildman–Crippen MR) is 114 cm³/mol. The third-order valence-corrected chi connectivity index (χ3v) is 6.51. The Balaban J connectivity index is 0.000000128. The molecule has 0 aromatic rings. The van der Waals surface area contributed by atoms with Crippen molar-refractivity contribution in [2.45, 2.75) is 71.1 Å². The first kappa shape index (κ1) is 27.3. The summed E-state index contributed by atoms with van der Waals surface area (Å²) >= 11 is 0. The zero-order chi connectivity index (χ0) is 24.7. The molecular weight excluding hydrogens is 452 g/mol. The third-order valence-electron chi connectivity index (χ3n) is 6.51. The molecule has 0 aliphatic carbocycles. The van der Waals surface area contributed by atoms with E-state index in [1.54, 1.807) is 6.61 Å². The van der Waals surface area contributed by atoms with Gasteiger partial charge in [0, 0.05) is 25.7 Å². The van der Waals surface area contributed by atoms with Crippen LogP contribution in [0.5, 0.6) is 0 Å². The van der Waals surface area contributed by atoms with Crippen molar-refractivity contribution < 1.29 is 53.0 Å². The smallest absolute Gasteiger partial charge is 0.310 e. The Hall–Kier alpha value is -1.31. The van der Waals surface area contributed by atoms with E-state index in [2.05, 4.69) is 11.7 Å². The maximum absolute atomic E-state index is 9.81. The zero-order valence-electron chi connectivity index (χ0n) is 20.0. The summed E-state index contributed by atoms with van der Waals surface area (Å²) in [6.07, 6.45) is 2.29. The number of carbonyl (C=O) groups excluding carboxylic acids is 2. The molecule has 6 fully saturated rings. The molecule has 6 heterocycles. The number of ether oxygens (including phenoxy) is 7. The van der Waals surface area contributed by atoms with Crippen molar-refractivity contribution in [3.63, 3.8) is 0 Å². The summed E-state index contributed by atoms with van der Waals surface area (Å²) in [7, 11) is 0. The van der Waals surface area contributed by atoms with Gasteiger partial charge in [0.1, 0.15) is 6.42 Å². The van der Waals surface area contributed by atoms with Crippen LogP contribution >= 0.6 is 0 Å². The molecule has 11 heteroatoms. The van der Waals surface area contributed by atoms with Crippen LogP contribution in [0.3, 0.4) is 0 Å². The summed E-state index contributed by atoms with van der Waals surface area (Å²) in [5, 5.41) is 18.4. The second kappa shape index (κ2) is 13.1. The fourth-order valence-corrected chi connectivity index (χ4v) is 4.61. The van der Waals surface area contributed by atoms with Gasteiger partial charge in [-0.1, -0.05) is 6.92 Å². The van der Waals surface area contributed by atoms with E-state index in [-0.39, 0.29) is 42.9 Å². The van der Waals surface area contributed by atoms with Gasteiger partial charge in [-0.25, -0.2) is 0 Å². The van der Waals surface area contributed by atoms with Crippen molar-refractivity contribution in [2.75, 3.05) is 33.0 Å². The molecule has 0 aromatic heterocycles. The monoisotopic (exact) mass is 489 g/mol. The number of hydrogen-bond acceptors (Lipinski definition) is 11. The summed E-state index contributed by atoms with van der Waals surface area (Å²) < 4.78 is 35.1. The minimum Gasteiger partial charge on any atom is -0.394 e. The summed E-state index contributed by atoms with van der Waals surface area (Å²) in [4.78, 5) is 19.6.